The second-order valence-corrected chi connectivity index (χ2v) is 18.2. The number of fused-ring (bicyclic) bond motifs is 13. The zero-order chi connectivity index (χ0) is 41.3. The fourth-order valence-electron chi connectivity index (χ4n) is 11.9. The Hall–Kier alpha value is -6.44. The second kappa shape index (κ2) is 13.0. The Bertz CT molecular complexity index is 3050. The van der Waals surface area contributed by atoms with Gasteiger partial charge in [0.15, 0.2) is 0 Å². The standard InChI is InChI=1S/C59H49N/c1-37-24-31-47-48-32-25-38(2)35-54(48)59(53(47)34-37)52-22-12-10-18-45(52)49-33-30-42(36-55(49)59)60(56-23-13-20-50-46-19-9-11-21-51(46)58(3,4)57(50)56)41-28-26-40(27-29-41)44-17-8-7-16-43(44)39-14-5-6-15-39/h7-13,16-36,39H,5-6,14-15H2,1-4H3/i39D. The lowest BCUT2D eigenvalue weighted by Gasteiger charge is -2.34. The molecule has 0 N–H and O–H groups in total. The van der Waals surface area contributed by atoms with Crippen molar-refractivity contribution in [2.75, 3.05) is 4.90 Å². The predicted molar refractivity (Wildman–Crippen MR) is 251 cm³/mol. The number of rotatable bonds is 5. The fraction of sp³-hybridized carbons (Fsp3) is 0.186. The molecule has 0 heterocycles. The van der Waals surface area contributed by atoms with Gasteiger partial charge in [-0.05, 0) is 146 Å². The highest BCUT2D eigenvalue weighted by Gasteiger charge is 2.52. The molecule has 8 aromatic rings. The van der Waals surface area contributed by atoms with Gasteiger partial charge in [-0.15, -0.1) is 0 Å². The summed E-state index contributed by atoms with van der Waals surface area (Å²) in [7, 11) is 0. The van der Waals surface area contributed by atoms with E-state index in [1.165, 1.54) is 89.1 Å². The van der Waals surface area contributed by atoms with Crippen LogP contribution < -0.4 is 4.90 Å². The first-order valence-electron chi connectivity index (χ1n) is 22.4. The van der Waals surface area contributed by atoms with E-state index in [9.17, 15) is 1.37 Å². The van der Waals surface area contributed by atoms with Gasteiger partial charge in [0.25, 0.3) is 0 Å². The van der Waals surface area contributed by atoms with Crippen LogP contribution in [0.2, 0.25) is 0 Å². The molecule has 4 aliphatic carbocycles. The van der Waals surface area contributed by atoms with E-state index in [1.807, 2.05) is 0 Å². The third-order valence-corrected chi connectivity index (χ3v) is 14.5. The van der Waals surface area contributed by atoms with Crippen molar-refractivity contribution >= 4 is 17.1 Å². The number of hydrogen-bond acceptors (Lipinski definition) is 1. The van der Waals surface area contributed by atoms with E-state index < -0.39 is 11.3 Å². The summed E-state index contributed by atoms with van der Waals surface area (Å²) in [5.41, 5.74) is 24.9. The SMILES string of the molecule is [2H]C1(c2ccccc2-c2ccc(N(c3ccc4c(c3)C3(c5ccccc5-4)c4cc(C)ccc4-c4ccc(C)cc43)c3cccc4c3C(C)(C)c3ccccc3-4)cc2)CCCC1. The van der Waals surface area contributed by atoms with Crippen molar-refractivity contribution in [1.29, 1.82) is 0 Å². The molecule has 1 spiro atoms. The van der Waals surface area contributed by atoms with Gasteiger partial charge in [-0.1, -0.05) is 177 Å². The maximum Gasteiger partial charge on any atom is 0.0726 e. The molecule has 290 valence electrons. The summed E-state index contributed by atoms with van der Waals surface area (Å²) in [6.45, 7) is 9.25. The summed E-state index contributed by atoms with van der Waals surface area (Å²) in [6.07, 6.45) is 4.09. The maximum atomic E-state index is 9.49. The van der Waals surface area contributed by atoms with Gasteiger partial charge in [0.05, 0.1) is 11.1 Å². The molecule has 0 radical (unpaired) electrons. The van der Waals surface area contributed by atoms with Crippen LogP contribution in [0.4, 0.5) is 17.1 Å². The van der Waals surface area contributed by atoms with Gasteiger partial charge in [-0.3, -0.25) is 0 Å². The number of anilines is 3. The molecule has 0 bridgehead atoms. The molecular weight excluding hydrogens is 723 g/mol. The van der Waals surface area contributed by atoms with Crippen molar-refractivity contribution in [3.63, 3.8) is 0 Å². The van der Waals surface area contributed by atoms with Crippen LogP contribution in [0, 0.1) is 13.8 Å². The van der Waals surface area contributed by atoms with E-state index in [-0.39, 0.29) is 5.41 Å². The molecule has 0 unspecified atom stereocenters. The van der Waals surface area contributed by atoms with Crippen LogP contribution in [0.1, 0.15) is 96.9 Å². The molecule has 0 amide bonds. The summed E-state index contributed by atoms with van der Waals surface area (Å²) in [5, 5.41) is 0. The maximum absolute atomic E-state index is 9.49. The van der Waals surface area contributed by atoms with Gasteiger partial charge in [-0.2, -0.15) is 0 Å². The van der Waals surface area contributed by atoms with E-state index in [4.69, 9.17) is 0 Å². The third-order valence-electron chi connectivity index (χ3n) is 14.5. The van der Waals surface area contributed by atoms with Crippen LogP contribution >= 0.6 is 0 Å². The molecule has 1 saturated carbocycles. The first-order chi connectivity index (χ1) is 29.7. The molecule has 4 aliphatic rings. The normalized spacial score (nSPS) is 16.7. The van der Waals surface area contributed by atoms with Gasteiger partial charge in [0.2, 0.25) is 0 Å². The third kappa shape index (κ3) is 4.87. The van der Waals surface area contributed by atoms with Gasteiger partial charge in [0, 0.05) is 18.2 Å². The van der Waals surface area contributed by atoms with Crippen molar-refractivity contribution in [2.45, 2.75) is 70.1 Å². The number of benzene rings is 8. The Labute approximate surface area is 356 Å². The van der Waals surface area contributed by atoms with Crippen molar-refractivity contribution in [3.05, 3.63) is 220 Å². The van der Waals surface area contributed by atoms with Crippen molar-refractivity contribution in [2.24, 2.45) is 0 Å². The van der Waals surface area contributed by atoms with Gasteiger partial charge in [0.1, 0.15) is 0 Å². The summed E-state index contributed by atoms with van der Waals surface area (Å²) in [6, 6.07) is 64.3. The van der Waals surface area contributed by atoms with E-state index in [1.54, 1.807) is 0 Å². The minimum Gasteiger partial charge on any atom is -0.310 e. The summed E-state index contributed by atoms with van der Waals surface area (Å²) >= 11 is 0. The average molecular weight is 773 g/mol. The summed E-state index contributed by atoms with van der Waals surface area (Å²) in [4.78, 5) is 2.53. The van der Waals surface area contributed by atoms with Crippen LogP contribution in [0.25, 0.3) is 44.5 Å². The predicted octanol–water partition coefficient (Wildman–Crippen LogP) is 15.7. The number of nitrogens with zero attached hydrogens (tertiary/aromatic N) is 1. The fourth-order valence-corrected chi connectivity index (χ4v) is 11.9. The van der Waals surface area contributed by atoms with Crippen LogP contribution in [-0.4, -0.2) is 0 Å². The topological polar surface area (TPSA) is 3.24 Å². The van der Waals surface area contributed by atoms with Crippen molar-refractivity contribution < 1.29 is 1.37 Å². The molecular formula is C59H49N. The molecule has 1 nitrogen and oxygen atoms in total. The second-order valence-electron chi connectivity index (χ2n) is 18.2. The number of hydrogen-bond donors (Lipinski definition) is 0. The Kier molecular flexibility index (Phi) is 7.48. The smallest absolute Gasteiger partial charge is 0.0726 e. The molecule has 0 saturated heterocycles. The zero-order valence-electron chi connectivity index (χ0n) is 35.9. The molecule has 0 atom stereocenters. The molecule has 1 heteroatoms. The minimum absolute atomic E-state index is 0.212. The Balaban J connectivity index is 1.11. The molecule has 0 aliphatic heterocycles. The Morgan fingerprint density at radius 3 is 1.67 bits per heavy atom. The van der Waals surface area contributed by atoms with E-state index in [2.05, 4.69) is 202 Å². The van der Waals surface area contributed by atoms with Crippen LogP contribution in [0.5, 0.6) is 0 Å². The Morgan fingerprint density at radius 1 is 0.467 bits per heavy atom. The molecule has 12 rings (SSSR count). The highest BCUT2D eigenvalue weighted by molar-refractivity contribution is 5.97. The first-order valence-corrected chi connectivity index (χ1v) is 21.9. The van der Waals surface area contributed by atoms with E-state index in [0.29, 0.717) is 0 Å². The summed E-state index contributed by atoms with van der Waals surface area (Å²) in [5.74, 6) is -0.529. The molecule has 1 fully saturated rings. The number of aryl methyl sites for hydroxylation is 2. The van der Waals surface area contributed by atoms with Crippen LogP contribution in [0.15, 0.2) is 170 Å². The molecule has 8 aromatic carbocycles. The van der Waals surface area contributed by atoms with Crippen molar-refractivity contribution in [1.82, 2.24) is 0 Å². The van der Waals surface area contributed by atoms with Crippen LogP contribution in [0.3, 0.4) is 0 Å². The molecule has 60 heavy (non-hydrogen) atoms. The van der Waals surface area contributed by atoms with Gasteiger partial charge in [-0.25, -0.2) is 0 Å². The van der Waals surface area contributed by atoms with E-state index in [0.717, 1.165) is 48.2 Å². The lowest BCUT2D eigenvalue weighted by atomic mass is 9.70. The summed E-state index contributed by atoms with van der Waals surface area (Å²) < 4.78 is 9.49. The first kappa shape index (κ1) is 34.4. The average Bonchev–Trinajstić information content (AvgIpc) is 4.00. The highest BCUT2D eigenvalue weighted by Crippen LogP contribution is 2.64. The molecule has 0 aromatic heterocycles. The monoisotopic (exact) mass is 772 g/mol. The largest absolute Gasteiger partial charge is 0.310 e. The van der Waals surface area contributed by atoms with Gasteiger partial charge < -0.3 is 4.90 Å². The van der Waals surface area contributed by atoms with Gasteiger partial charge >= 0.3 is 0 Å². The highest BCUT2D eigenvalue weighted by atomic mass is 15.1. The lowest BCUT2D eigenvalue weighted by molar-refractivity contribution is 0.661. The van der Waals surface area contributed by atoms with E-state index >= 15 is 0 Å². The zero-order valence-corrected chi connectivity index (χ0v) is 34.9. The lowest BCUT2D eigenvalue weighted by Crippen LogP contribution is -2.26. The van der Waals surface area contributed by atoms with Crippen molar-refractivity contribution in [3.8, 4) is 44.5 Å². The van der Waals surface area contributed by atoms with Crippen LogP contribution in [-0.2, 0) is 10.8 Å². The minimum atomic E-state index is -0.529. The Morgan fingerprint density at radius 2 is 0.983 bits per heavy atom. The quantitative estimate of drug-likeness (QED) is 0.168.